The second-order valence-electron chi connectivity index (χ2n) is 3.63. The Kier molecular flexibility index (Phi) is 3.48. The van der Waals surface area contributed by atoms with E-state index >= 15 is 0 Å². The fourth-order valence-electron chi connectivity index (χ4n) is 1.48. The topological polar surface area (TPSA) is 55.6 Å². The van der Waals surface area contributed by atoms with Crippen molar-refractivity contribution in [2.24, 2.45) is 0 Å². The van der Waals surface area contributed by atoms with Crippen molar-refractivity contribution in [3.63, 3.8) is 0 Å². The number of aryl methyl sites for hydroxylation is 2. The van der Waals surface area contributed by atoms with E-state index in [1.807, 2.05) is 36.1 Å². The molecule has 2 aromatic rings. The first kappa shape index (κ1) is 10.6. The fraction of sp³-hybridized carbons (Fsp3) is 0.364. The summed E-state index contributed by atoms with van der Waals surface area (Å²) in [6.07, 6.45) is 6.40. The van der Waals surface area contributed by atoms with Gasteiger partial charge in [-0.05, 0) is 25.5 Å². The fourth-order valence-corrected chi connectivity index (χ4v) is 1.48. The molecule has 0 unspecified atom stereocenters. The number of hydrogen-bond donors (Lipinski definition) is 1. The molecule has 0 spiro atoms. The van der Waals surface area contributed by atoms with E-state index in [4.69, 9.17) is 0 Å². The molecule has 2 aromatic heterocycles. The molecule has 0 aliphatic rings. The van der Waals surface area contributed by atoms with Gasteiger partial charge < -0.3 is 5.32 Å². The van der Waals surface area contributed by atoms with E-state index in [-0.39, 0.29) is 0 Å². The van der Waals surface area contributed by atoms with Crippen molar-refractivity contribution in [2.75, 3.05) is 11.9 Å². The zero-order valence-electron chi connectivity index (χ0n) is 9.30. The maximum absolute atomic E-state index is 4.15. The number of aromatic nitrogens is 4. The van der Waals surface area contributed by atoms with Gasteiger partial charge in [-0.1, -0.05) is 5.21 Å². The minimum atomic E-state index is 0.886. The molecule has 0 aliphatic heterocycles. The van der Waals surface area contributed by atoms with Gasteiger partial charge in [-0.15, -0.1) is 5.10 Å². The van der Waals surface area contributed by atoms with Crippen LogP contribution in [0.5, 0.6) is 0 Å². The Morgan fingerprint density at radius 1 is 1.38 bits per heavy atom. The normalized spacial score (nSPS) is 10.3. The molecule has 0 saturated heterocycles. The minimum Gasteiger partial charge on any atom is -0.385 e. The van der Waals surface area contributed by atoms with Gasteiger partial charge in [0.1, 0.15) is 0 Å². The molecule has 0 bridgehead atoms. The van der Waals surface area contributed by atoms with Crippen molar-refractivity contribution in [1.29, 1.82) is 0 Å². The van der Waals surface area contributed by atoms with Gasteiger partial charge in [0.2, 0.25) is 0 Å². The Labute approximate surface area is 94.5 Å². The molecule has 1 N–H and O–H groups in total. The number of rotatable bonds is 5. The highest BCUT2D eigenvalue weighted by Gasteiger charge is 1.94. The summed E-state index contributed by atoms with van der Waals surface area (Å²) in [5, 5.41) is 11.0. The van der Waals surface area contributed by atoms with Gasteiger partial charge >= 0.3 is 0 Å². The molecular formula is C11H15N5. The van der Waals surface area contributed by atoms with Crippen molar-refractivity contribution in [2.45, 2.75) is 19.9 Å². The van der Waals surface area contributed by atoms with Crippen LogP contribution < -0.4 is 5.32 Å². The Balaban J connectivity index is 1.72. The standard InChI is InChI=1S/C11H15N5/c1-10-9-11(3-5-12-10)13-4-2-7-16-8-6-14-15-16/h3,5-6,8-9H,2,4,7H2,1H3,(H,12,13). The third-order valence-corrected chi connectivity index (χ3v) is 2.26. The lowest BCUT2D eigenvalue weighted by molar-refractivity contribution is 0.570. The number of anilines is 1. The molecule has 0 amide bonds. The van der Waals surface area contributed by atoms with E-state index in [0.717, 1.165) is 30.9 Å². The largest absolute Gasteiger partial charge is 0.385 e. The van der Waals surface area contributed by atoms with Crippen LogP contribution in [0.25, 0.3) is 0 Å². The van der Waals surface area contributed by atoms with Gasteiger partial charge in [0.15, 0.2) is 0 Å². The molecule has 0 fully saturated rings. The lowest BCUT2D eigenvalue weighted by Gasteiger charge is -2.06. The van der Waals surface area contributed by atoms with Gasteiger partial charge in [0.05, 0.1) is 6.20 Å². The molecule has 0 radical (unpaired) electrons. The summed E-state index contributed by atoms with van der Waals surface area (Å²) < 4.78 is 1.83. The third kappa shape index (κ3) is 3.05. The van der Waals surface area contributed by atoms with Crippen LogP contribution in [0.4, 0.5) is 5.69 Å². The number of hydrogen-bond acceptors (Lipinski definition) is 4. The number of nitrogens with one attached hydrogen (secondary N) is 1. The molecule has 5 heteroatoms. The van der Waals surface area contributed by atoms with Crippen LogP contribution >= 0.6 is 0 Å². The maximum atomic E-state index is 4.15. The van der Waals surface area contributed by atoms with E-state index < -0.39 is 0 Å². The van der Waals surface area contributed by atoms with Gasteiger partial charge in [-0.2, -0.15) is 0 Å². The summed E-state index contributed by atoms with van der Waals surface area (Å²) in [4.78, 5) is 4.15. The average molecular weight is 217 g/mol. The molecule has 0 aliphatic carbocycles. The molecule has 0 atom stereocenters. The van der Waals surface area contributed by atoms with Gasteiger partial charge in [-0.25, -0.2) is 0 Å². The molecular weight excluding hydrogens is 202 g/mol. The molecule has 16 heavy (non-hydrogen) atoms. The SMILES string of the molecule is Cc1cc(NCCCn2ccnn2)ccn1. The Morgan fingerprint density at radius 3 is 3.06 bits per heavy atom. The summed E-state index contributed by atoms with van der Waals surface area (Å²) in [5.41, 5.74) is 2.15. The molecule has 0 aromatic carbocycles. The number of nitrogens with zero attached hydrogens (tertiary/aromatic N) is 4. The van der Waals surface area contributed by atoms with Gasteiger partial charge in [-0.3, -0.25) is 9.67 Å². The number of pyridine rings is 1. The van der Waals surface area contributed by atoms with Crippen LogP contribution in [0.3, 0.4) is 0 Å². The summed E-state index contributed by atoms with van der Waals surface area (Å²) in [6.45, 7) is 3.79. The summed E-state index contributed by atoms with van der Waals surface area (Å²) in [7, 11) is 0. The summed E-state index contributed by atoms with van der Waals surface area (Å²) >= 11 is 0. The zero-order valence-corrected chi connectivity index (χ0v) is 9.30. The van der Waals surface area contributed by atoms with Crippen molar-refractivity contribution < 1.29 is 0 Å². The minimum absolute atomic E-state index is 0.886. The molecule has 5 nitrogen and oxygen atoms in total. The summed E-state index contributed by atoms with van der Waals surface area (Å²) in [5.74, 6) is 0. The lowest BCUT2D eigenvalue weighted by Crippen LogP contribution is -2.07. The highest BCUT2D eigenvalue weighted by molar-refractivity contribution is 5.42. The maximum Gasteiger partial charge on any atom is 0.0692 e. The van der Waals surface area contributed by atoms with E-state index in [1.54, 1.807) is 6.20 Å². The van der Waals surface area contributed by atoms with Crippen molar-refractivity contribution in [3.8, 4) is 0 Å². The van der Waals surface area contributed by atoms with Crippen LogP contribution in [-0.2, 0) is 6.54 Å². The quantitative estimate of drug-likeness (QED) is 0.771. The van der Waals surface area contributed by atoms with Crippen molar-refractivity contribution >= 4 is 5.69 Å². The van der Waals surface area contributed by atoms with Crippen LogP contribution in [0.2, 0.25) is 0 Å². The second kappa shape index (κ2) is 5.25. The molecule has 2 rings (SSSR count). The highest BCUT2D eigenvalue weighted by atomic mass is 15.4. The molecule has 84 valence electrons. The van der Waals surface area contributed by atoms with Crippen molar-refractivity contribution in [1.82, 2.24) is 20.0 Å². The Hall–Kier alpha value is -1.91. The second-order valence-corrected chi connectivity index (χ2v) is 3.63. The van der Waals surface area contributed by atoms with Gasteiger partial charge in [0.25, 0.3) is 0 Å². The van der Waals surface area contributed by atoms with Crippen LogP contribution in [0.1, 0.15) is 12.1 Å². The first-order valence-corrected chi connectivity index (χ1v) is 5.35. The monoisotopic (exact) mass is 217 g/mol. The third-order valence-electron chi connectivity index (χ3n) is 2.26. The van der Waals surface area contributed by atoms with E-state index in [0.29, 0.717) is 0 Å². The summed E-state index contributed by atoms with van der Waals surface area (Å²) in [6, 6.07) is 4.01. The van der Waals surface area contributed by atoms with Crippen LogP contribution in [0, 0.1) is 6.92 Å². The van der Waals surface area contributed by atoms with E-state index in [1.165, 1.54) is 0 Å². The molecule has 0 saturated carbocycles. The molecule has 2 heterocycles. The average Bonchev–Trinajstić information content (AvgIpc) is 2.77. The van der Waals surface area contributed by atoms with Gasteiger partial charge in [0, 0.05) is 36.9 Å². The van der Waals surface area contributed by atoms with Crippen molar-refractivity contribution in [3.05, 3.63) is 36.4 Å². The van der Waals surface area contributed by atoms with E-state index in [9.17, 15) is 0 Å². The predicted octanol–water partition coefficient (Wildman–Crippen LogP) is 1.48. The zero-order chi connectivity index (χ0) is 11.2. The van der Waals surface area contributed by atoms with E-state index in [2.05, 4.69) is 20.6 Å². The van der Waals surface area contributed by atoms with Crippen LogP contribution in [-0.4, -0.2) is 26.5 Å². The Morgan fingerprint density at radius 2 is 2.31 bits per heavy atom. The van der Waals surface area contributed by atoms with Crippen LogP contribution in [0.15, 0.2) is 30.7 Å². The Bertz CT molecular complexity index is 424. The smallest absolute Gasteiger partial charge is 0.0692 e. The lowest BCUT2D eigenvalue weighted by atomic mass is 10.3. The first-order chi connectivity index (χ1) is 7.84. The first-order valence-electron chi connectivity index (χ1n) is 5.35. The predicted molar refractivity (Wildman–Crippen MR) is 62.1 cm³/mol. The highest BCUT2D eigenvalue weighted by Crippen LogP contribution is 2.06.